The molecule has 0 bridgehead atoms. The van der Waals surface area contributed by atoms with E-state index in [9.17, 15) is 18.0 Å². The maximum atomic E-state index is 13.1. The summed E-state index contributed by atoms with van der Waals surface area (Å²) < 4.78 is 48.8. The summed E-state index contributed by atoms with van der Waals surface area (Å²) in [4.78, 5) is 18.5. The van der Waals surface area contributed by atoms with E-state index in [-0.39, 0.29) is 5.95 Å². The molecule has 0 aliphatic rings. The monoisotopic (exact) mass is 341 g/mol. The maximum Gasteiger partial charge on any atom is 0.434 e. The molecule has 0 aliphatic carbocycles. The zero-order chi connectivity index (χ0) is 17.7. The highest BCUT2D eigenvalue weighted by Crippen LogP contribution is 2.31. The van der Waals surface area contributed by atoms with Crippen LogP contribution in [0.3, 0.4) is 0 Å². The molecule has 2 aromatic rings. The van der Waals surface area contributed by atoms with Gasteiger partial charge >= 0.3 is 12.1 Å². The quantitative estimate of drug-likeness (QED) is 0.840. The Morgan fingerprint density at radius 2 is 1.92 bits per heavy atom. The second-order valence-corrected chi connectivity index (χ2v) is 4.53. The molecule has 0 saturated heterocycles. The molecule has 1 N–H and O–H groups in total. The lowest BCUT2D eigenvalue weighted by atomic mass is 10.2. The van der Waals surface area contributed by atoms with Gasteiger partial charge in [0.05, 0.1) is 13.7 Å². The van der Waals surface area contributed by atoms with Crippen molar-refractivity contribution < 1.29 is 27.4 Å². The van der Waals surface area contributed by atoms with Crippen LogP contribution in [0.2, 0.25) is 0 Å². The predicted molar refractivity (Wildman–Crippen MR) is 79.3 cm³/mol. The fourth-order valence-electron chi connectivity index (χ4n) is 1.85. The number of nitrogens with zero attached hydrogens (tertiary/aromatic N) is 2. The van der Waals surface area contributed by atoms with Crippen LogP contribution in [0.4, 0.5) is 24.8 Å². The van der Waals surface area contributed by atoms with E-state index in [0.29, 0.717) is 18.0 Å². The molecule has 0 atom stereocenters. The summed E-state index contributed by atoms with van der Waals surface area (Å²) in [5.41, 5.74) is -1.64. The van der Waals surface area contributed by atoms with Crippen LogP contribution in [-0.2, 0) is 10.9 Å². The van der Waals surface area contributed by atoms with Crippen LogP contribution in [0.25, 0.3) is 0 Å². The Balaban J connectivity index is 2.29. The van der Waals surface area contributed by atoms with Crippen molar-refractivity contribution >= 4 is 17.6 Å². The largest absolute Gasteiger partial charge is 0.494 e. The molecule has 0 aliphatic heterocycles. The number of carbonyl (C=O) groups excluding carboxylic acids is 1. The fraction of sp³-hybridized carbons (Fsp3) is 0.267. The van der Waals surface area contributed by atoms with Crippen LogP contribution in [0.5, 0.6) is 5.75 Å². The molecular weight excluding hydrogens is 327 g/mol. The molecular formula is C15H14F3N3O3. The minimum Gasteiger partial charge on any atom is -0.494 e. The molecule has 1 heterocycles. The van der Waals surface area contributed by atoms with Crippen molar-refractivity contribution in [2.45, 2.75) is 13.1 Å². The highest BCUT2D eigenvalue weighted by Gasteiger charge is 2.38. The van der Waals surface area contributed by atoms with Crippen LogP contribution in [0, 0.1) is 0 Å². The second kappa shape index (κ2) is 7.16. The van der Waals surface area contributed by atoms with Gasteiger partial charge in [-0.3, -0.25) is 0 Å². The van der Waals surface area contributed by atoms with Crippen LogP contribution in [-0.4, -0.2) is 29.7 Å². The summed E-state index contributed by atoms with van der Waals surface area (Å²) in [5.74, 6) is -0.824. The van der Waals surface area contributed by atoms with Gasteiger partial charge in [0.1, 0.15) is 11.3 Å². The highest BCUT2D eigenvalue weighted by molar-refractivity contribution is 5.90. The summed E-state index contributed by atoms with van der Waals surface area (Å²) in [7, 11) is 0.981. The van der Waals surface area contributed by atoms with Crippen molar-refractivity contribution in [3.8, 4) is 5.75 Å². The molecule has 0 amide bonds. The predicted octanol–water partition coefficient (Wildman–Crippen LogP) is 3.42. The summed E-state index contributed by atoms with van der Waals surface area (Å²) in [6.07, 6.45) is -4.04. The van der Waals surface area contributed by atoms with Crippen LogP contribution >= 0.6 is 0 Å². The fourth-order valence-corrected chi connectivity index (χ4v) is 1.85. The molecule has 6 nitrogen and oxygen atoms in total. The van der Waals surface area contributed by atoms with E-state index in [4.69, 9.17) is 4.74 Å². The smallest absolute Gasteiger partial charge is 0.434 e. The van der Waals surface area contributed by atoms with Crippen LogP contribution in [0.15, 0.2) is 30.5 Å². The van der Waals surface area contributed by atoms with E-state index in [1.807, 2.05) is 6.92 Å². The van der Waals surface area contributed by atoms with Gasteiger partial charge in [-0.05, 0) is 31.2 Å². The molecule has 24 heavy (non-hydrogen) atoms. The average molecular weight is 341 g/mol. The SMILES string of the molecule is CCOc1ccc(Nc2ncc(C(=O)OC)c(C(F)(F)F)n2)cc1. The Bertz CT molecular complexity index is 718. The first-order valence-corrected chi connectivity index (χ1v) is 6.87. The van der Waals surface area contributed by atoms with E-state index in [1.165, 1.54) is 0 Å². The molecule has 2 rings (SSSR count). The van der Waals surface area contributed by atoms with E-state index >= 15 is 0 Å². The standard InChI is InChI=1S/C15H14F3N3O3/c1-3-24-10-6-4-9(5-7-10)20-14-19-8-11(13(22)23-2)12(21-14)15(16,17)18/h4-8H,3H2,1-2H3,(H,19,20,21). The van der Waals surface area contributed by atoms with Gasteiger partial charge in [0.15, 0.2) is 5.69 Å². The molecule has 1 aromatic carbocycles. The average Bonchev–Trinajstić information content (AvgIpc) is 2.55. The van der Waals surface area contributed by atoms with Gasteiger partial charge in [0, 0.05) is 11.9 Å². The number of aromatic nitrogens is 2. The molecule has 0 unspecified atom stereocenters. The molecule has 1 aromatic heterocycles. The number of nitrogens with one attached hydrogen (secondary N) is 1. The lowest BCUT2D eigenvalue weighted by Crippen LogP contribution is -2.18. The minimum absolute atomic E-state index is 0.292. The number of methoxy groups -OCH3 is 1. The van der Waals surface area contributed by atoms with E-state index < -0.39 is 23.4 Å². The number of anilines is 2. The van der Waals surface area contributed by atoms with Gasteiger partial charge in [-0.1, -0.05) is 0 Å². The van der Waals surface area contributed by atoms with Gasteiger partial charge in [-0.15, -0.1) is 0 Å². The number of halogens is 3. The van der Waals surface area contributed by atoms with Gasteiger partial charge in [-0.2, -0.15) is 13.2 Å². The Morgan fingerprint density at radius 1 is 1.25 bits per heavy atom. The maximum absolute atomic E-state index is 13.1. The van der Waals surface area contributed by atoms with Crippen molar-refractivity contribution in [1.82, 2.24) is 9.97 Å². The van der Waals surface area contributed by atoms with Gasteiger partial charge in [0.2, 0.25) is 5.95 Å². The number of hydrogen-bond donors (Lipinski definition) is 1. The molecule has 0 radical (unpaired) electrons. The topological polar surface area (TPSA) is 73.3 Å². The van der Waals surface area contributed by atoms with Gasteiger partial charge in [0.25, 0.3) is 0 Å². The number of hydrogen-bond acceptors (Lipinski definition) is 6. The summed E-state index contributed by atoms with van der Waals surface area (Å²) in [5, 5.41) is 2.64. The summed E-state index contributed by atoms with van der Waals surface area (Å²) >= 11 is 0. The Morgan fingerprint density at radius 3 is 2.46 bits per heavy atom. The lowest BCUT2D eigenvalue weighted by Gasteiger charge is -2.12. The van der Waals surface area contributed by atoms with Crippen molar-refractivity contribution in [2.75, 3.05) is 19.0 Å². The van der Waals surface area contributed by atoms with Gasteiger partial charge < -0.3 is 14.8 Å². The highest BCUT2D eigenvalue weighted by atomic mass is 19.4. The van der Waals surface area contributed by atoms with E-state index in [0.717, 1.165) is 13.3 Å². The number of esters is 1. The Hall–Kier alpha value is -2.84. The van der Waals surface area contributed by atoms with Crippen LogP contribution in [0.1, 0.15) is 23.0 Å². The summed E-state index contributed by atoms with van der Waals surface area (Å²) in [6.45, 7) is 2.33. The number of alkyl halides is 3. The molecule has 9 heteroatoms. The zero-order valence-electron chi connectivity index (χ0n) is 12.8. The molecule has 128 valence electrons. The molecule has 0 fully saturated rings. The summed E-state index contributed by atoms with van der Waals surface area (Å²) in [6, 6.07) is 6.52. The zero-order valence-corrected chi connectivity index (χ0v) is 12.8. The number of carbonyl (C=O) groups is 1. The normalized spacial score (nSPS) is 11.0. The van der Waals surface area contributed by atoms with Crippen LogP contribution < -0.4 is 10.1 Å². The van der Waals surface area contributed by atoms with Crippen molar-refractivity contribution in [2.24, 2.45) is 0 Å². The Kier molecular flexibility index (Phi) is 5.22. The van der Waals surface area contributed by atoms with Gasteiger partial charge in [-0.25, -0.2) is 14.8 Å². The number of rotatable bonds is 5. The van der Waals surface area contributed by atoms with E-state index in [2.05, 4.69) is 20.0 Å². The first-order valence-electron chi connectivity index (χ1n) is 6.87. The van der Waals surface area contributed by atoms with Crippen molar-refractivity contribution in [3.05, 3.63) is 41.7 Å². The first kappa shape index (κ1) is 17.5. The number of benzene rings is 1. The third-order valence-electron chi connectivity index (χ3n) is 2.88. The first-order chi connectivity index (χ1) is 11.3. The van der Waals surface area contributed by atoms with E-state index in [1.54, 1.807) is 24.3 Å². The molecule has 0 saturated carbocycles. The second-order valence-electron chi connectivity index (χ2n) is 4.53. The number of ether oxygens (including phenoxy) is 2. The van der Waals surface area contributed by atoms with Crippen molar-refractivity contribution in [3.63, 3.8) is 0 Å². The lowest BCUT2D eigenvalue weighted by molar-refractivity contribution is -0.141. The van der Waals surface area contributed by atoms with Crippen molar-refractivity contribution in [1.29, 1.82) is 0 Å². The minimum atomic E-state index is -4.82. The molecule has 0 spiro atoms. The third-order valence-corrected chi connectivity index (χ3v) is 2.88. The third kappa shape index (κ3) is 4.12. The Labute approximate surface area is 135 Å².